The molecule has 0 aliphatic rings. The molecule has 2 nitrogen and oxygen atoms in total. The highest BCUT2D eigenvalue weighted by Gasteiger charge is 2.08. The molecule has 0 saturated carbocycles. The molecule has 0 fully saturated rings. The average molecular weight is 232 g/mol. The average Bonchev–Trinajstić information content (AvgIpc) is 2.74. The molecule has 0 aliphatic heterocycles. The van der Waals surface area contributed by atoms with E-state index in [1.54, 1.807) is 17.4 Å². The van der Waals surface area contributed by atoms with Gasteiger partial charge in [-0.2, -0.15) is 0 Å². The Bertz CT molecular complexity index is 514. The number of ether oxygens (including phenoxy) is 1. The Kier molecular flexibility index (Phi) is 3.06. The van der Waals surface area contributed by atoms with Gasteiger partial charge in [0.15, 0.2) is 0 Å². The van der Waals surface area contributed by atoms with E-state index in [0.29, 0.717) is 5.56 Å². The van der Waals surface area contributed by atoms with E-state index in [9.17, 15) is 4.79 Å². The van der Waals surface area contributed by atoms with Gasteiger partial charge in [0, 0.05) is 4.88 Å². The SMILES string of the molecule is COC(=O)c1cccc(-c2sccc2C)c1. The molecular formula is C13H12O2S. The zero-order chi connectivity index (χ0) is 11.5. The molecule has 1 heterocycles. The van der Waals surface area contributed by atoms with Gasteiger partial charge in [-0.3, -0.25) is 0 Å². The van der Waals surface area contributed by atoms with Crippen LogP contribution in [0.3, 0.4) is 0 Å². The van der Waals surface area contributed by atoms with Crippen LogP contribution in [0.5, 0.6) is 0 Å². The quantitative estimate of drug-likeness (QED) is 0.741. The monoisotopic (exact) mass is 232 g/mol. The van der Waals surface area contributed by atoms with Crippen molar-refractivity contribution in [3.8, 4) is 10.4 Å². The summed E-state index contributed by atoms with van der Waals surface area (Å²) in [4.78, 5) is 12.6. The zero-order valence-corrected chi connectivity index (χ0v) is 10.0. The minimum Gasteiger partial charge on any atom is -0.465 e. The Morgan fingerprint density at radius 1 is 1.31 bits per heavy atom. The predicted molar refractivity (Wildman–Crippen MR) is 65.8 cm³/mol. The molecular weight excluding hydrogens is 220 g/mol. The Morgan fingerprint density at radius 3 is 2.75 bits per heavy atom. The van der Waals surface area contributed by atoms with Crippen LogP contribution in [-0.2, 0) is 4.74 Å². The summed E-state index contributed by atoms with van der Waals surface area (Å²) in [6, 6.07) is 9.58. The molecule has 16 heavy (non-hydrogen) atoms. The third kappa shape index (κ3) is 1.99. The van der Waals surface area contributed by atoms with Crippen LogP contribution in [0.2, 0.25) is 0 Å². The van der Waals surface area contributed by atoms with E-state index in [1.807, 2.05) is 18.2 Å². The van der Waals surface area contributed by atoms with Gasteiger partial charge in [0.05, 0.1) is 12.7 Å². The van der Waals surface area contributed by atoms with Gasteiger partial charge in [0.1, 0.15) is 0 Å². The maximum atomic E-state index is 11.4. The van der Waals surface area contributed by atoms with Crippen molar-refractivity contribution in [2.24, 2.45) is 0 Å². The summed E-state index contributed by atoms with van der Waals surface area (Å²) in [5, 5.41) is 2.05. The molecule has 0 saturated heterocycles. The summed E-state index contributed by atoms with van der Waals surface area (Å²) in [5.74, 6) is -0.295. The van der Waals surface area contributed by atoms with E-state index in [0.717, 1.165) is 5.56 Å². The maximum Gasteiger partial charge on any atom is 0.337 e. The van der Waals surface area contributed by atoms with Crippen LogP contribution < -0.4 is 0 Å². The van der Waals surface area contributed by atoms with Gasteiger partial charge in [-0.15, -0.1) is 11.3 Å². The highest BCUT2D eigenvalue weighted by Crippen LogP contribution is 2.29. The third-order valence-electron chi connectivity index (χ3n) is 2.41. The van der Waals surface area contributed by atoms with Crippen molar-refractivity contribution < 1.29 is 9.53 Å². The fraction of sp³-hybridized carbons (Fsp3) is 0.154. The van der Waals surface area contributed by atoms with Gasteiger partial charge in [0.2, 0.25) is 0 Å². The second kappa shape index (κ2) is 4.49. The Balaban J connectivity index is 2.44. The van der Waals surface area contributed by atoms with E-state index in [4.69, 9.17) is 4.74 Å². The number of hydrogen-bond acceptors (Lipinski definition) is 3. The first-order chi connectivity index (χ1) is 7.72. The van der Waals surface area contributed by atoms with Crippen LogP contribution in [0.25, 0.3) is 10.4 Å². The van der Waals surface area contributed by atoms with Crippen LogP contribution in [0, 0.1) is 6.92 Å². The molecule has 82 valence electrons. The molecule has 0 atom stereocenters. The van der Waals surface area contributed by atoms with Gasteiger partial charge in [-0.1, -0.05) is 12.1 Å². The highest BCUT2D eigenvalue weighted by molar-refractivity contribution is 7.13. The molecule has 0 radical (unpaired) electrons. The van der Waals surface area contributed by atoms with Crippen molar-refractivity contribution >= 4 is 17.3 Å². The number of rotatable bonds is 2. The number of benzene rings is 1. The van der Waals surface area contributed by atoms with Crippen molar-refractivity contribution in [2.75, 3.05) is 7.11 Å². The summed E-state index contributed by atoms with van der Waals surface area (Å²) in [5.41, 5.74) is 2.88. The van der Waals surface area contributed by atoms with Gasteiger partial charge in [0.25, 0.3) is 0 Å². The van der Waals surface area contributed by atoms with Crippen molar-refractivity contribution in [1.82, 2.24) is 0 Å². The van der Waals surface area contributed by atoms with Crippen molar-refractivity contribution in [3.63, 3.8) is 0 Å². The van der Waals surface area contributed by atoms with Crippen LogP contribution >= 0.6 is 11.3 Å². The second-order valence-corrected chi connectivity index (χ2v) is 4.42. The lowest BCUT2D eigenvalue weighted by Gasteiger charge is -2.03. The number of aryl methyl sites for hydroxylation is 1. The van der Waals surface area contributed by atoms with E-state index in [1.165, 1.54) is 17.6 Å². The lowest BCUT2D eigenvalue weighted by Crippen LogP contribution is -2.00. The Labute approximate surface area is 98.5 Å². The van der Waals surface area contributed by atoms with Crippen molar-refractivity contribution in [1.29, 1.82) is 0 Å². The minimum atomic E-state index is -0.295. The largest absolute Gasteiger partial charge is 0.465 e. The molecule has 1 aromatic heterocycles. The van der Waals surface area contributed by atoms with E-state index in [2.05, 4.69) is 18.4 Å². The molecule has 2 rings (SSSR count). The molecule has 0 aliphatic carbocycles. The first-order valence-corrected chi connectivity index (χ1v) is 5.83. The molecule has 1 aromatic carbocycles. The molecule has 0 spiro atoms. The standard InChI is InChI=1S/C13H12O2S/c1-9-6-7-16-12(9)10-4-3-5-11(8-10)13(14)15-2/h3-8H,1-2H3. The van der Waals surface area contributed by atoms with E-state index < -0.39 is 0 Å². The first-order valence-electron chi connectivity index (χ1n) is 4.95. The van der Waals surface area contributed by atoms with Gasteiger partial charge in [-0.05, 0) is 41.6 Å². The van der Waals surface area contributed by atoms with E-state index >= 15 is 0 Å². The van der Waals surface area contributed by atoms with Gasteiger partial charge >= 0.3 is 5.97 Å². The number of esters is 1. The number of methoxy groups -OCH3 is 1. The van der Waals surface area contributed by atoms with Crippen LogP contribution in [0.15, 0.2) is 35.7 Å². The van der Waals surface area contributed by atoms with Crippen LogP contribution in [-0.4, -0.2) is 13.1 Å². The lowest BCUT2D eigenvalue weighted by atomic mass is 10.1. The molecule has 2 aromatic rings. The number of thiophene rings is 1. The number of carbonyl (C=O) groups is 1. The fourth-order valence-electron chi connectivity index (χ4n) is 1.57. The minimum absolute atomic E-state index is 0.295. The fourth-order valence-corrected chi connectivity index (χ4v) is 2.50. The summed E-state index contributed by atoms with van der Waals surface area (Å²) < 4.78 is 4.70. The van der Waals surface area contributed by atoms with Crippen LogP contribution in [0.4, 0.5) is 0 Å². The summed E-state index contributed by atoms with van der Waals surface area (Å²) >= 11 is 1.68. The molecule has 0 N–H and O–H groups in total. The zero-order valence-electron chi connectivity index (χ0n) is 9.19. The summed E-state index contributed by atoms with van der Waals surface area (Å²) in [7, 11) is 1.39. The van der Waals surface area contributed by atoms with Gasteiger partial charge in [-0.25, -0.2) is 4.79 Å². The first kappa shape index (κ1) is 10.9. The molecule has 0 bridgehead atoms. The topological polar surface area (TPSA) is 26.3 Å². The normalized spacial score (nSPS) is 10.1. The maximum absolute atomic E-state index is 11.4. The van der Waals surface area contributed by atoms with E-state index in [-0.39, 0.29) is 5.97 Å². The molecule has 0 amide bonds. The van der Waals surface area contributed by atoms with Crippen molar-refractivity contribution in [2.45, 2.75) is 6.92 Å². The predicted octanol–water partition coefficient (Wildman–Crippen LogP) is 3.51. The third-order valence-corrected chi connectivity index (χ3v) is 3.47. The second-order valence-electron chi connectivity index (χ2n) is 3.51. The smallest absolute Gasteiger partial charge is 0.337 e. The number of carbonyl (C=O) groups excluding carboxylic acids is 1. The van der Waals surface area contributed by atoms with Gasteiger partial charge < -0.3 is 4.74 Å². The molecule has 3 heteroatoms. The summed E-state index contributed by atoms with van der Waals surface area (Å²) in [6.45, 7) is 2.07. The summed E-state index contributed by atoms with van der Waals surface area (Å²) in [6.07, 6.45) is 0. The van der Waals surface area contributed by atoms with Crippen molar-refractivity contribution in [3.05, 3.63) is 46.8 Å². The number of hydrogen-bond donors (Lipinski definition) is 0. The Morgan fingerprint density at radius 2 is 2.12 bits per heavy atom. The lowest BCUT2D eigenvalue weighted by molar-refractivity contribution is 0.0601. The van der Waals surface area contributed by atoms with Crippen LogP contribution in [0.1, 0.15) is 15.9 Å². The Hall–Kier alpha value is -1.61. The highest BCUT2D eigenvalue weighted by atomic mass is 32.1. The molecule has 0 unspecified atom stereocenters.